The van der Waals surface area contributed by atoms with E-state index in [-0.39, 0.29) is 28.7 Å². The molecule has 2 atom stereocenters. The summed E-state index contributed by atoms with van der Waals surface area (Å²) in [4.78, 5) is 18.6. The van der Waals surface area contributed by atoms with Gasteiger partial charge in [0.05, 0.1) is 17.5 Å². The molecule has 1 aromatic carbocycles. The van der Waals surface area contributed by atoms with Crippen LogP contribution in [0.2, 0.25) is 0 Å². The van der Waals surface area contributed by atoms with Crippen molar-refractivity contribution in [3.8, 4) is 0 Å². The van der Waals surface area contributed by atoms with Crippen LogP contribution in [-0.4, -0.2) is 42.3 Å². The van der Waals surface area contributed by atoms with E-state index < -0.39 is 15.3 Å². The summed E-state index contributed by atoms with van der Waals surface area (Å²) in [5, 5.41) is 0.512. The van der Waals surface area contributed by atoms with Crippen molar-refractivity contribution >= 4 is 54.3 Å². The Hall–Kier alpha value is -0.860. The number of fused-ring (bicyclic) bond motifs is 1. The standard InChI is InChI=1S/C16H19BrN2O3S2/c1-16(2,3)14(20)18-15-19(11-6-4-5-10(17)7-11)12-8-24(21,22)9-13(12)23-15/h4-7,12-13H,8-9H2,1-3H3/t12-,13+/m0/s1. The van der Waals surface area contributed by atoms with Crippen LogP contribution in [0.3, 0.4) is 0 Å². The van der Waals surface area contributed by atoms with Crippen LogP contribution in [-0.2, 0) is 14.6 Å². The molecule has 1 amide bonds. The quantitative estimate of drug-likeness (QED) is 0.684. The van der Waals surface area contributed by atoms with Gasteiger partial charge in [-0.25, -0.2) is 8.42 Å². The van der Waals surface area contributed by atoms with E-state index in [1.54, 1.807) is 0 Å². The van der Waals surface area contributed by atoms with E-state index in [2.05, 4.69) is 20.9 Å². The molecule has 0 spiro atoms. The number of hydrogen-bond acceptors (Lipinski definition) is 4. The number of benzene rings is 1. The number of amidine groups is 1. The Bertz CT molecular complexity index is 815. The third kappa shape index (κ3) is 3.55. The molecule has 5 nitrogen and oxygen atoms in total. The third-order valence-corrected chi connectivity index (χ3v) is 7.69. The van der Waals surface area contributed by atoms with Crippen LogP contribution in [0.5, 0.6) is 0 Å². The summed E-state index contributed by atoms with van der Waals surface area (Å²) in [7, 11) is -3.05. The van der Waals surface area contributed by atoms with Crippen LogP contribution < -0.4 is 4.90 Å². The van der Waals surface area contributed by atoms with E-state index in [0.29, 0.717) is 5.17 Å². The maximum atomic E-state index is 12.4. The van der Waals surface area contributed by atoms with E-state index >= 15 is 0 Å². The summed E-state index contributed by atoms with van der Waals surface area (Å²) < 4.78 is 24.9. The van der Waals surface area contributed by atoms with Gasteiger partial charge < -0.3 is 4.90 Å². The van der Waals surface area contributed by atoms with E-state index in [0.717, 1.165) is 10.2 Å². The van der Waals surface area contributed by atoms with Gasteiger partial charge in [-0.05, 0) is 18.2 Å². The number of aliphatic imine (C=N–C) groups is 1. The number of amides is 1. The van der Waals surface area contributed by atoms with Crippen molar-refractivity contribution in [1.29, 1.82) is 0 Å². The number of thioether (sulfide) groups is 1. The van der Waals surface area contributed by atoms with Crippen molar-refractivity contribution < 1.29 is 13.2 Å². The first-order chi connectivity index (χ1) is 11.1. The zero-order chi connectivity index (χ0) is 17.7. The van der Waals surface area contributed by atoms with Crippen LogP contribution in [0.4, 0.5) is 5.69 Å². The van der Waals surface area contributed by atoms with Gasteiger partial charge >= 0.3 is 0 Å². The van der Waals surface area contributed by atoms with Crippen LogP contribution in [0.15, 0.2) is 33.7 Å². The molecule has 0 aromatic heterocycles. The van der Waals surface area contributed by atoms with E-state index in [1.807, 2.05) is 49.9 Å². The zero-order valence-electron chi connectivity index (χ0n) is 13.7. The van der Waals surface area contributed by atoms with Crippen LogP contribution in [0, 0.1) is 5.41 Å². The Morgan fingerprint density at radius 2 is 2.04 bits per heavy atom. The lowest BCUT2D eigenvalue weighted by Gasteiger charge is -2.25. The average molecular weight is 431 g/mol. The lowest BCUT2D eigenvalue weighted by Crippen LogP contribution is -2.38. The molecule has 1 aromatic rings. The van der Waals surface area contributed by atoms with Crippen molar-refractivity contribution in [2.45, 2.75) is 32.1 Å². The molecule has 2 aliphatic heterocycles. The van der Waals surface area contributed by atoms with Gasteiger partial charge in [-0.1, -0.05) is 54.5 Å². The Morgan fingerprint density at radius 3 is 2.67 bits per heavy atom. The molecule has 2 saturated heterocycles. The maximum Gasteiger partial charge on any atom is 0.253 e. The van der Waals surface area contributed by atoms with Crippen molar-refractivity contribution in [3.63, 3.8) is 0 Å². The largest absolute Gasteiger partial charge is 0.316 e. The van der Waals surface area contributed by atoms with Gasteiger partial charge in [0.25, 0.3) is 5.91 Å². The molecule has 0 N–H and O–H groups in total. The van der Waals surface area contributed by atoms with Gasteiger partial charge in [0, 0.05) is 20.8 Å². The first-order valence-corrected chi connectivity index (χ1v) is 11.1. The summed E-state index contributed by atoms with van der Waals surface area (Å²) in [6, 6.07) is 7.46. The van der Waals surface area contributed by atoms with E-state index in [4.69, 9.17) is 0 Å². The second kappa shape index (κ2) is 6.14. The highest BCUT2D eigenvalue weighted by Gasteiger charge is 2.49. The molecule has 24 heavy (non-hydrogen) atoms. The average Bonchev–Trinajstić information content (AvgIpc) is 2.88. The van der Waals surface area contributed by atoms with Crippen molar-refractivity contribution in [3.05, 3.63) is 28.7 Å². The fourth-order valence-electron chi connectivity index (χ4n) is 2.75. The Morgan fingerprint density at radius 1 is 1.33 bits per heavy atom. The summed E-state index contributed by atoms with van der Waals surface area (Å²) in [6.07, 6.45) is 0. The zero-order valence-corrected chi connectivity index (χ0v) is 16.9. The highest BCUT2D eigenvalue weighted by atomic mass is 79.9. The highest BCUT2D eigenvalue weighted by Crippen LogP contribution is 2.41. The first-order valence-electron chi connectivity index (χ1n) is 7.62. The topological polar surface area (TPSA) is 66.8 Å². The Kier molecular flexibility index (Phi) is 4.59. The summed E-state index contributed by atoms with van der Waals surface area (Å²) >= 11 is 4.85. The molecule has 0 unspecified atom stereocenters. The second-order valence-corrected chi connectivity index (χ2v) is 11.4. The fraction of sp³-hybridized carbons (Fsp3) is 0.500. The Labute approximate surface area is 155 Å². The molecule has 8 heteroatoms. The number of halogens is 1. The van der Waals surface area contributed by atoms with Gasteiger partial charge in [-0.15, -0.1) is 0 Å². The van der Waals surface area contributed by atoms with E-state index in [1.165, 1.54) is 11.8 Å². The van der Waals surface area contributed by atoms with Crippen LogP contribution in [0.1, 0.15) is 20.8 Å². The number of hydrogen-bond donors (Lipinski definition) is 0. The van der Waals surface area contributed by atoms with Crippen LogP contribution in [0.25, 0.3) is 0 Å². The highest BCUT2D eigenvalue weighted by molar-refractivity contribution is 9.10. The van der Waals surface area contributed by atoms with Gasteiger partial charge in [-0.3, -0.25) is 4.79 Å². The second-order valence-electron chi connectivity index (χ2n) is 7.10. The molecule has 2 heterocycles. The molecule has 0 radical (unpaired) electrons. The lowest BCUT2D eigenvalue weighted by molar-refractivity contribution is -0.124. The Balaban J connectivity index is 2.03. The number of nitrogens with zero attached hydrogens (tertiary/aromatic N) is 2. The predicted molar refractivity (Wildman–Crippen MR) is 102 cm³/mol. The molecule has 130 valence electrons. The first kappa shape index (κ1) is 17.9. The van der Waals surface area contributed by atoms with Gasteiger partial charge in [0.15, 0.2) is 15.0 Å². The van der Waals surface area contributed by atoms with E-state index in [9.17, 15) is 13.2 Å². The smallest absolute Gasteiger partial charge is 0.253 e. The van der Waals surface area contributed by atoms with Gasteiger partial charge in [-0.2, -0.15) is 4.99 Å². The summed E-state index contributed by atoms with van der Waals surface area (Å²) in [6.45, 7) is 5.48. The van der Waals surface area contributed by atoms with Crippen molar-refractivity contribution in [2.75, 3.05) is 16.4 Å². The molecular formula is C16H19BrN2O3S2. The van der Waals surface area contributed by atoms with Gasteiger partial charge in [0.2, 0.25) is 0 Å². The van der Waals surface area contributed by atoms with Crippen LogP contribution >= 0.6 is 27.7 Å². The lowest BCUT2D eigenvalue weighted by atomic mass is 9.96. The van der Waals surface area contributed by atoms with Crippen molar-refractivity contribution in [2.24, 2.45) is 10.4 Å². The molecule has 0 bridgehead atoms. The minimum atomic E-state index is -3.05. The molecule has 2 fully saturated rings. The van der Waals surface area contributed by atoms with Crippen molar-refractivity contribution in [1.82, 2.24) is 0 Å². The minimum absolute atomic E-state index is 0.0829. The summed E-state index contributed by atoms with van der Waals surface area (Å²) in [5.41, 5.74) is 0.280. The third-order valence-electron chi connectivity index (χ3n) is 3.99. The van der Waals surface area contributed by atoms with Gasteiger partial charge in [0.1, 0.15) is 0 Å². The monoisotopic (exact) mass is 430 g/mol. The minimum Gasteiger partial charge on any atom is -0.316 e. The predicted octanol–water partition coefficient (Wildman–Crippen LogP) is 3.10. The SMILES string of the molecule is CC(C)(C)C(=O)N=C1S[C@@H]2CS(=O)(=O)C[C@@H]2N1c1cccc(Br)c1. The number of rotatable bonds is 1. The normalized spacial score (nSPS) is 27.5. The molecule has 2 aliphatic rings. The fourth-order valence-corrected chi connectivity index (χ4v) is 7.05. The number of anilines is 1. The number of carbonyl (C=O) groups excluding carboxylic acids is 1. The number of carbonyl (C=O) groups is 1. The summed E-state index contributed by atoms with van der Waals surface area (Å²) in [5.74, 6) is 0.0305. The number of sulfone groups is 1. The maximum absolute atomic E-state index is 12.4. The molecule has 3 rings (SSSR count). The molecular weight excluding hydrogens is 412 g/mol. The molecule has 0 aliphatic carbocycles. The molecule has 0 saturated carbocycles.